The van der Waals surface area contributed by atoms with E-state index < -0.39 is 33.4 Å². The van der Waals surface area contributed by atoms with E-state index >= 15 is 0 Å². The van der Waals surface area contributed by atoms with Gasteiger partial charge >= 0.3 is 12.0 Å². The van der Waals surface area contributed by atoms with Crippen LogP contribution in [0.2, 0.25) is 4.34 Å². The standard InChI is InChI=1S/C24H20ClFN4O6S2/c1-3-36-23(32)16-11-14(28-24(33)29-38(34,35)21-7-6-20(25)37-21)4-5-19(16)30-9-8-13-10-18(27-2)17(26)12-15(13)22(30)31/h4-12,27H,3H2,1-2H3,(H2,28,29,33). The minimum Gasteiger partial charge on any atom is -0.462 e. The summed E-state index contributed by atoms with van der Waals surface area (Å²) >= 11 is 6.55. The minimum atomic E-state index is -4.18. The molecule has 0 spiro atoms. The lowest BCUT2D eigenvalue weighted by Crippen LogP contribution is -2.34. The van der Waals surface area contributed by atoms with Crippen molar-refractivity contribution in [3.63, 3.8) is 0 Å². The summed E-state index contributed by atoms with van der Waals surface area (Å²) in [5.74, 6) is -1.41. The molecule has 0 aliphatic carbocycles. The predicted octanol–water partition coefficient (Wildman–Crippen LogP) is 4.57. The third-order valence-corrected chi connectivity index (χ3v) is 8.36. The lowest BCUT2D eigenvalue weighted by Gasteiger charge is -2.15. The third-order valence-electron chi connectivity index (χ3n) is 5.31. The molecule has 0 fully saturated rings. The van der Waals surface area contributed by atoms with Gasteiger partial charge in [-0.05, 0) is 60.8 Å². The number of benzene rings is 2. The SMILES string of the molecule is CCOC(=O)c1cc(NC(=O)NS(=O)(=O)c2ccc(Cl)s2)ccc1-n1ccc2cc(NC)c(F)cc2c1=O. The number of urea groups is 1. The molecule has 2 aromatic heterocycles. The van der Waals surface area contributed by atoms with E-state index in [2.05, 4.69) is 10.6 Å². The number of fused-ring (bicyclic) bond motifs is 1. The molecule has 0 saturated heterocycles. The quantitative estimate of drug-likeness (QED) is 0.273. The van der Waals surface area contributed by atoms with Crippen LogP contribution in [0.5, 0.6) is 0 Å². The number of carbonyl (C=O) groups is 2. The number of sulfonamides is 1. The number of halogens is 2. The summed E-state index contributed by atoms with van der Waals surface area (Å²) in [6.07, 6.45) is 1.43. The number of hydrogen-bond acceptors (Lipinski definition) is 8. The number of carbonyl (C=O) groups excluding carboxylic acids is 2. The molecule has 14 heteroatoms. The Balaban J connectivity index is 1.71. The molecule has 0 atom stereocenters. The van der Waals surface area contributed by atoms with Crippen molar-refractivity contribution in [2.24, 2.45) is 0 Å². The van der Waals surface area contributed by atoms with Gasteiger partial charge in [-0.25, -0.2) is 27.1 Å². The van der Waals surface area contributed by atoms with Crippen LogP contribution in [0.15, 0.2) is 63.7 Å². The molecule has 2 heterocycles. The number of anilines is 2. The second kappa shape index (κ2) is 10.8. The number of esters is 1. The molecule has 3 N–H and O–H groups in total. The number of hydrogen-bond donors (Lipinski definition) is 3. The summed E-state index contributed by atoms with van der Waals surface area (Å²) in [7, 11) is -2.62. The monoisotopic (exact) mass is 578 g/mol. The van der Waals surface area contributed by atoms with Crippen LogP contribution >= 0.6 is 22.9 Å². The molecule has 0 unspecified atom stereocenters. The Morgan fingerprint density at radius 3 is 2.55 bits per heavy atom. The molecular weight excluding hydrogens is 559 g/mol. The van der Waals surface area contributed by atoms with Gasteiger partial charge < -0.3 is 15.4 Å². The van der Waals surface area contributed by atoms with Crippen LogP contribution in [0.4, 0.5) is 20.6 Å². The Kier molecular flexibility index (Phi) is 7.71. The Morgan fingerprint density at radius 1 is 1.13 bits per heavy atom. The smallest absolute Gasteiger partial charge is 0.340 e. The Morgan fingerprint density at radius 2 is 1.89 bits per heavy atom. The molecule has 0 aliphatic heterocycles. The number of pyridine rings is 1. The molecule has 0 radical (unpaired) electrons. The third kappa shape index (κ3) is 5.49. The lowest BCUT2D eigenvalue weighted by atomic mass is 10.1. The van der Waals surface area contributed by atoms with Gasteiger partial charge in [0.15, 0.2) is 0 Å². The van der Waals surface area contributed by atoms with E-state index in [-0.39, 0.29) is 43.2 Å². The maximum absolute atomic E-state index is 14.4. The van der Waals surface area contributed by atoms with E-state index in [9.17, 15) is 27.2 Å². The summed E-state index contributed by atoms with van der Waals surface area (Å²) in [6, 6.07) is 9.72. The van der Waals surface area contributed by atoms with Crippen LogP contribution in [0.3, 0.4) is 0 Å². The van der Waals surface area contributed by atoms with Crippen molar-refractivity contribution in [1.82, 2.24) is 9.29 Å². The highest BCUT2D eigenvalue weighted by molar-refractivity contribution is 7.92. The molecule has 4 rings (SSSR count). The molecule has 2 amide bonds. The van der Waals surface area contributed by atoms with Crippen molar-refractivity contribution in [2.75, 3.05) is 24.3 Å². The van der Waals surface area contributed by atoms with Gasteiger partial charge in [0.2, 0.25) is 0 Å². The number of nitrogens with one attached hydrogen (secondary N) is 3. The van der Waals surface area contributed by atoms with Crippen LogP contribution < -0.4 is 20.9 Å². The normalized spacial score (nSPS) is 11.3. The number of amides is 2. The Bertz CT molecular complexity index is 1740. The van der Waals surface area contributed by atoms with Crippen LogP contribution in [-0.2, 0) is 14.8 Å². The first-order chi connectivity index (χ1) is 18.0. The van der Waals surface area contributed by atoms with Crippen molar-refractivity contribution < 1.29 is 27.1 Å². The van der Waals surface area contributed by atoms with E-state index in [0.29, 0.717) is 5.39 Å². The zero-order chi connectivity index (χ0) is 27.6. The van der Waals surface area contributed by atoms with Crippen molar-refractivity contribution >= 4 is 67.1 Å². The van der Waals surface area contributed by atoms with E-state index in [4.69, 9.17) is 16.3 Å². The lowest BCUT2D eigenvalue weighted by molar-refractivity contribution is 0.0526. The van der Waals surface area contributed by atoms with Crippen LogP contribution in [0.25, 0.3) is 16.5 Å². The van der Waals surface area contributed by atoms with Crippen molar-refractivity contribution in [3.05, 3.63) is 80.8 Å². The molecule has 10 nitrogen and oxygen atoms in total. The van der Waals surface area contributed by atoms with E-state index in [1.807, 2.05) is 4.72 Å². The van der Waals surface area contributed by atoms with Gasteiger partial charge in [-0.15, -0.1) is 11.3 Å². The van der Waals surface area contributed by atoms with Crippen LogP contribution in [-0.4, -0.2) is 38.6 Å². The number of nitrogens with zero attached hydrogens (tertiary/aromatic N) is 1. The fourth-order valence-corrected chi connectivity index (χ4v) is 6.00. The van der Waals surface area contributed by atoms with Gasteiger partial charge in [-0.3, -0.25) is 9.36 Å². The highest BCUT2D eigenvalue weighted by atomic mass is 35.5. The summed E-state index contributed by atoms with van der Waals surface area (Å²) in [5.41, 5.74) is -0.299. The number of thiophene rings is 1. The molecular formula is C24H20ClFN4O6S2. The minimum absolute atomic E-state index is 0.0304. The summed E-state index contributed by atoms with van der Waals surface area (Å²) in [4.78, 5) is 38.4. The zero-order valence-electron chi connectivity index (χ0n) is 19.9. The highest BCUT2D eigenvalue weighted by Crippen LogP contribution is 2.26. The number of rotatable bonds is 7. The molecule has 198 valence electrons. The van der Waals surface area contributed by atoms with Gasteiger partial charge in [0, 0.05) is 18.9 Å². The van der Waals surface area contributed by atoms with Crippen molar-refractivity contribution in [2.45, 2.75) is 11.1 Å². The molecule has 4 aromatic rings. The van der Waals surface area contributed by atoms with Crippen molar-refractivity contribution in [3.8, 4) is 5.69 Å². The maximum Gasteiger partial charge on any atom is 0.340 e. The highest BCUT2D eigenvalue weighted by Gasteiger charge is 2.22. The van der Waals surface area contributed by atoms with Gasteiger partial charge in [0.25, 0.3) is 15.6 Å². The average molecular weight is 579 g/mol. The van der Waals surface area contributed by atoms with Gasteiger partial charge in [-0.2, -0.15) is 0 Å². The first kappa shape index (κ1) is 27.1. The van der Waals surface area contributed by atoms with Crippen LogP contribution in [0.1, 0.15) is 17.3 Å². The van der Waals surface area contributed by atoms with Gasteiger partial charge in [0.05, 0.1) is 33.3 Å². The zero-order valence-corrected chi connectivity index (χ0v) is 22.3. The molecule has 38 heavy (non-hydrogen) atoms. The molecule has 0 saturated carbocycles. The topological polar surface area (TPSA) is 136 Å². The molecule has 0 aliphatic rings. The number of aromatic nitrogens is 1. The first-order valence-electron chi connectivity index (χ1n) is 11.0. The fraction of sp³-hybridized carbons (Fsp3) is 0.125. The predicted molar refractivity (Wildman–Crippen MR) is 144 cm³/mol. The van der Waals surface area contributed by atoms with E-state index in [1.165, 1.54) is 42.6 Å². The Labute approximate surface area is 225 Å². The first-order valence-corrected chi connectivity index (χ1v) is 13.6. The molecule has 2 aromatic carbocycles. The fourth-order valence-electron chi connectivity index (χ4n) is 3.61. The Hall–Kier alpha value is -3.94. The van der Waals surface area contributed by atoms with Gasteiger partial charge in [-0.1, -0.05) is 11.6 Å². The van der Waals surface area contributed by atoms with Gasteiger partial charge in [0.1, 0.15) is 10.0 Å². The number of ether oxygens (including phenoxy) is 1. The largest absolute Gasteiger partial charge is 0.462 e. The maximum atomic E-state index is 14.4. The molecule has 0 bridgehead atoms. The summed E-state index contributed by atoms with van der Waals surface area (Å²) in [6.45, 7) is 1.63. The van der Waals surface area contributed by atoms with E-state index in [1.54, 1.807) is 20.0 Å². The van der Waals surface area contributed by atoms with Crippen molar-refractivity contribution in [1.29, 1.82) is 0 Å². The summed E-state index contributed by atoms with van der Waals surface area (Å²) in [5, 5.41) is 5.62. The van der Waals surface area contributed by atoms with E-state index in [0.717, 1.165) is 22.0 Å². The average Bonchev–Trinajstić information content (AvgIpc) is 3.32. The summed E-state index contributed by atoms with van der Waals surface area (Å²) < 4.78 is 47.3. The second-order valence-corrected chi connectivity index (χ2v) is 11.4. The second-order valence-electron chi connectivity index (χ2n) is 7.73. The van der Waals surface area contributed by atoms with Crippen LogP contribution in [0, 0.1) is 5.82 Å².